The molecule has 0 radical (unpaired) electrons. The Morgan fingerprint density at radius 3 is 2.73 bits per heavy atom. The Bertz CT molecular complexity index is 432. The van der Waals surface area contributed by atoms with E-state index >= 15 is 0 Å². The Labute approximate surface area is 88.7 Å². The Hall–Kier alpha value is -1.56. The zero-order valence-electron chi connectivity index (χ0n) is 8.84. The third-order valence-corrected chi connectivity index (χ3v) is 2.97. The number of rotatable bonds is 2. The van der Waals surface area contributed by atoms with E-state index in [4.69, 9.17) is 5.26 Å². The van der Waals surface area contributed by atoms with Gasteiger partial charge in [0.05, 0.1) is 5.69 Å². The number of halogens is 1. The van der Waals surface area contributed by atoms with E-state index in [1.54, 1.807) is 12.1 Å². The molecule has 0 aliphatic heterocycles. The van der Waals surface area contributed by atoms with E-state index in [9.17, 15) is 4.39 Å². The van der Waals surface area contributed by atoms with Crippen LogP contribution in [-0.2, 0) is 0 Å². The molecule has 1 unspecified atom stereocenters. The lowest BCUT2D eigenvalue weighted by molar-refractivity contribution is 0.620. The van der Waals surface area contributed by atoms with Crippen molar-refractivity contribution in [3.8, 4) is 6.07 Å². The van der Waals surface area contributed by atoms with Crippen LogP contribution in [0.3, 0.4) is 0 Å². The van der Waals surface area contributed by atoms with Crippen molar-refractivity contribution >= 4 is 5.69 Å². The third kappa shape index (κ3) is 1.80. The van der Waals surface area contributed by atoms with Gasteiger partial charge in [0.15, 0.2) is 0 Å². The zero-order valence-corrected chi connectivity index (χ0v) is 8.84. The van der Waals surface area contributed by atoms with Gasteiger partial charge in [-0.25, -0.2) is 4.39 Å². The molecule has 2 rings (SSSR count). The molecule has 3 heteroatoms. The van der Waals surface area contributed by atoms with Gasteiger partial charge in [0.1, 0.15) is 17.4 Å². The topological polar surface area (TPSA) is 35.8 Å². The Balaban J connectivity index is 2.23. The molecule has 0 aromatic heterocycles. The van der Waals surface area contributed by atoms with Gasteiger partial charge in [-0.15, -0.1) is 0 Å². The lowest BCUT2D eigenvalue weighted by Crippen LogP contribution is -2.10. The maximum Gasteiger partial charge on any atom is 0.143 e. The molecular formula is C12H13FN2. The maximum atomic E-state index is 13.3. The van der Waals surface area contributed by atoms with Crippen LogP contribution in [0.5, 0.6) is 0 Å². The normalized spacial score (nSPS) is 21.9. The molecule has 1 aliphatic carbocycles. The number of nitriles is 1. The average molecular weight is 204 g/mol. The Kier molecular flexibility index (Phi) is 2.15. The molecule has 1 fully saturated rings. The average Bonchev–Trinajstić information content (AvgIpc) is 2.74. The van der Waals surface area contributed by atoms with Crippen LogP contribution in [-0.4, -0.2) is 6.04 Å². The number of anilines is 1. The van der Waals surface area contributed by atoms with Crippen LogP contribution in [0.15, 0.2) is 18.2 Å². The van der Waals surface area contributed by atoms with Crippen molar-refractivity contribution in [1.82, 2.24) is 0 Å². The van der Waals surface area contributed by atoms with E-state index in [0.717, 1.165) is 6.42 Å². The summed E-state index contributed by atoms with van der Waals surface area (Å²) in [6, 6.07) is 6.91. The fraction of sp³-hybridized carbons (Fsp3) is 0.417. The highest BCUT2D eigenvalue weighted by molar-refractivity contribution is 5.59. The van der Waals surface area contributed by atoms with Gasteiger partial charge in [-0.3, -0.25) is 0 Å². The van der Waals surface area contributed by atoms with Crippen LogP contribution >= 0.6 is 0 Å². The highest BCUT2D eigenvalue weighted by Crippen LogP contribution is 2.46. The minimum Gasteiger partial charge on any atom is -0.381 e. The first-order valence-electron chi connectivity index (χ1n) is 5.00. The second kappa shape index (κ2) is 3.23. The zero-order chi connectivity index (χ0) is 11.1. The van der Waals surface area contributed by atoms with Gasteiger partial charge in [-0.05, 0) is 24.0 Å². The number of nitrogens with zero attached hydrogens (tertiary/aromatic N) is 1. The van der Waals surface area contributed by atoms with Crippen molar-refractivity contribution in [1.29, 1.82) is 5.26 Å². The molecule has 0 spiro atoms. The van der Waals surface area contributed by atoms with E-state index in [1.807, 2.05) is 6.07 Å². The van der Waals surface area contributed by atoms with Crippen LogP contribution in [0.4, 0.5) is 10.1 Å². The van der Waals surface area contributed by atoms with Gasteiger partial charge in [0.25, 0.3) is 0 Å². The molecule has 2 nitrogen and oxygen atoms in total. The SMILES string of the molecule is CC1(C)CC1Nc1cccc(F)c1C#N. The first kappa shape index (κ1) is 9.97. The summed E-state index contributed by atoms with van der Waals surface area (Å²) >= 11 is 0. The molecular weight excluding hydrogens is 191 g/mol. The van der Waals surface area contributed by atoms with Crippen molar-refractivity contribution in [2.24, 2.45) is 5.41 Å². The summed E-state index contributed by atoms with van der Waals surface area (Å²) < 4.78 is 13.3. The smallest absolute Gasteiger partial charge is 0.143 e. The van der Waals surface area contributed by atoms with Crippen molar-refractivity contribution in [2.45, 2.75) is 26.3 Å². The van der Waals surface area contributed by atoms with Crippen molar-refractivity contribution in [2.75, 3.05) is 5.32 Å². The second-order valence-corrected chi connectivity index (χ2v) is 4.66. The van der Waals surface area contributed by atoms with Crippen LogP contribution in [0, 0.1) is 22.6 Å². The van der Waals surface area contributed by atoms with E-state index in [2.05, 4.69) is 19.2 Å². The molecule has 1 saturated carbocycles. The van der Waals surface area contributed by atoms with Crippen LogP contribution in [0.2, 0.25) is 0 Å². The Morgan fingerprint density at radius 1 is 1.53 bits per heavy atom. The predicted octanol–water partition coefficient (Wildman–Crippen LogP) is 2.91. The van der Waals surface area contributed by atoms with E-state index < -0.39 is 5.82 Å². The van der Waals surface area contributed by atoms with E-state index in [0.29, 0.717) is 11.7 Å². The minimum absolute atomic E-state index is 0.111. The summed E-state index contributed by atoms with van der Waals surface area (Å²) in [7, 11) is 0. The summed E-state index contributed by atoms with van der Waals surface area (Å²) in [6.07, 6.45) is 1.06. The quantitative estimate of drug-likeness (QED) is 0.804. The van der Waals surface area contributed by atoms with E-state index in [-0.39, 0.29) is 11.0 Å². The van der Waals surface area contributed by atoms with Gasteiger partial charge in [0.2, 0.25) is 0 Å². The third-order valence-electron chi connectivity index (χ3n) is 2.97. The fourth-order valence-electron chi connectivity index (χ4n) is 1.66. The second-order valence-electron chi connectivity index (χ2n) is 4.66. The molecule has 1 N–H and O–H groups in total. The number of hydrogen-bond acceptors (Lipinski definition) is 2. The minimum atomic E-state index is -0.457. The monoisotopic (exact) mass is 204 g/mol. The molecule has 0 saturated heterocycles. The van der Waals surface area contributed by atoms with Crippen LogP contribution < -0.4 is 5.32 Å². The molecule has 1 aliphatic rings. The molecule has 0 heterocycles. The van der Waals surface area contributed by atoms with Gasteiger partial charge in [-0.1, -0.05) is 19.9 Å². The van der Waals surface area contributed by atoms with Crippen LogP contribution in [0.1, 0.15) is 25.8 Å². The molecule has 15 heavy (non-hydrogen) atoms. The van der Waals surface area contributed by atoms with Gasteiger partial charge >= 0.3 is 0 Å². The van der Waals surface area contributed by atoms with E-state index in [1.165, 1.54) is 6.07 Å². The number of hydrogen-bond donors (Lipinski definition) is 1. The summed E-state index contributed by atoms with van der Waals surface area (Å²) in [5.41, 5.74) is 0.979. The fourth-order valence-corrected chi connectivity index (χ4v) is 1.66. The molecule has 78 valence electrons. The largest absolute Gasteiger partial charge is 0.381 e. The molecule has 1 atom stereocenters. The lowest BCUT2D eigenvalue weighted by atomic mass is 10.1. The standard InChI is InChI=1S/C12H13FN2/c1-12(2)6-11(12)15-10-5-3-4-9(13)8(10)7-14/h3-5,11,15H,6H2,1-2H3. The van der Waals surface area contributed by atoms with Gasteiger partial charge in [-0.2, -0.15) is 5.26 Å². The van der Waals surface area contributed by atoms with Gasteiger partial charge < -0.3 is 5.32 Å². The highest BCUT2D eigenvalue weighted by Gasteiger charge is 2.45. The van der Waals surface area contributed by atoms with Gasteiger partial charge in [0, 0.05) is 6.04 Å². The Morgan fingerprint density at radius 2 is 2.20 bits per heavy atom. The summed E-state index contributed by atoms with van der Waals surface area (Å²) in [5.74, 6) is -0.457. The van der Waals surface area contributed by atoms with Crippen molar-refractivity contribution in [3.63, 3.8) is 0 Å². The lowest BCUT2D eigenvalue weighted by Gasteiger charge is -2.09. The predicted molar refractivity (Wildman–Crippen MR) is 56.9 cm³/mol. The molecule has 1 aromatic rings. The molecule has 0 amide bonds. The molecule has 1 aromatic carbocycles. The van der Waals surface area contributed by atoms with Crippen molar-refractivity contribution in [3.05, 3.63) is 29.6 Å². The van der Waals surface area contributed by atoms with Crippen LogP contribution in [0.25, 0.3) is 0 Å². The van der Waals surface area contributed by atoms with Crippen molar-refractivity contribution < 1.29 is 4.39 Å². The highest BCUT2D eigenvalue weighted by atomic mass is 19.1. The first-order valence-corrected chi connectivity index (χ1v) is 5.00. The molecule has 0 bridgehead atoms. The first-order chi connectivity index (χ1) is 7.04. The summed E-state index contributed by atoms with van der Waals surface area (Å²) in [5, 5.41) is 12.0. The summed E-state index contributed by atoms with van der Waals surface area (Å²) in [6.45, 7) is 4.30. The maximum absolute atomic E-state index is 13.3. The summed E-state index contributed by atoms with van der Waals surface area (Å²) in [4.78, 5) is 0. The number of nitrogens with one attached hydrogen (secondary N) is 1. The number of benzene rings is 1.